The summed E-state index contributed by atoms with van der Waals surface area (Å²) in [5.41, 5.74) is 6.91. The van der Waals surface area contributed by atoms with E-state index in [9.17, 15) is 0 Å². The average Bonchev–Trinajstić information content (AvgIpc) is 2.92. The van der Waals surface area contributed by atoms with Crippen molar-refractivity contribution in [2.24, 2.45) is 18.2 Å². The summed E-state index contributed by atoms with van der Waals surface area (Å²) in [6.07, 6.45) is 7.97. The molecule has 3 rings (SSSR count). The minimum Gasteiger partial charge on any atom is -0.339 e. The Morgan fingerprint density at radius 3 is 2.89 bits per heavy atom. The molecule has 0 saturated heterocycles. The second-order valence-electron chi connectivity index (χ2n) is 5.15. The molecular weight excluding hydrogens is 230 g/mol. The highest BCUT2D eigenvalue weighted by Gasteiger charge is 2.37. The number of hydrogen-bond acceptors (Lipinski definition) is 5. The third kappa shape index (κ3) is 1.92. The van der Waals surface area contributed by atoms with Gasteiger partial charge >= 0.3 is 0 Å². The maximum Gasteiger partial charge on any atom is 0.227 e. The predicted octanol–water partition coefficient (Wildman–Crippen LogP) is 1.14. The van der Waals surface area contributed by atoms with Crippen molar-refractivity contribution in [3.8, 4) is 11.4 Å². The highest BCUT2D eigenvalue weighted by atomic mass is 16.5. The molecule has 0 bridgehead atoms. The predicted molar refractivity (Wildman–Crippen MR) is 65.5 cm³/mol. The Labute approximate surface area is 105 Å². The third-order valence-corrected chi connectivity index (χ3v) is 3.80. The molecule has 1 fully saturated rings. The highest BCUT2D eigenvalue weighted by Crippen LogP contribution is 2.42. The van der Waals surface area contributed by atoms with Crippen LogP contribution in [0.4, 0.5) is 0 Å². The first-order valence-corrected chi connectivity index (χ1v) is 6.22. The van der Waals surface area contributed by atoms with Crippen molar-refractivity contribution in [3.05, 3.63) is 18.3 Å². The van der Waals surface area contributed by atoms with Gasteiger partial charge in [-0.1, -0.05) is 11.6 Å². The van der Waals surface area contributed by atoms with E-state index in [-0.39, 0.29) is 5.41 Å². The van der Waals surface area contributed by atoms with E-state index in [4.69, 9.17) is 10.3 Å². The van der Waals surface area contributed by atoms with Gasteiger partial charge in [0, 0.05) is 19.7 Å². The summed E-state index contributed by atoms with van der Waals surface area (Å²) in [5.74, 6) is 1.28. The third-order valence-electron chi connectivity index (χ3n) is 3.80. The summed E-state index contributed by atoms with van der Waals surface area (Å²) < 4.78 is 7.03. The lowest BCUT2D eigenvalue weighted by molar-refractivity contribution is 0.129. The lowest BCUT2D eigenvalue weighted by atomic mass is 9.67. The van der Waals surface area contributed by atoms with Crippen molar-refractivity contribution in [2.75, 3.05) is 6.54 Å². The number of aryl methyl sites for hydroxylation is 1. The van der Waals surface area contributed by atoms with E-state index in [1.807, 2.05) is 13.2 Å². The molecule has 1 aliphatic carbocycles. The van der Waals surface area contributed by atoms with Crippen LogP contribution in [0.5, 0.6) is 0 Å². The monoisotopic (exact) mass is 247 g/mol. The maximum absolute atomic E-state index is 5.83. The van der Waals surface area contributed by atoms with E-state index in [1.165, 1.54) is 6.42 Å². The van der Waals surface area contributed by atoms with Crippen LogP contribution in [-0.2, 0) is 13.5 Å². The van der Waals surface area contributed by atoms with Gasteiger partial charge in [-0.25, -0.2) is 0 Å². The zero-order valence-corrected chi connectivity index (χ0v) is 10.5. The van der Waals surface area contributed by atoms with Crippen LogP contribution in [0.25, 0.3) is 11.4 Å². The van der Waals surface area contributed by atoms with Crippen molar-refractivity contribution in [1.82, 2.24) is 19.9 Å². The fourth-order valence-electron chi connectivity index (χ4n) is 2.43. The number of nitrogens with two attached hydrogens (primary N) is 1. The van der Waals surface area contributed by atoms with E-state index in [0.717, 1.165) is 24.8 Å². The van der Waals surface area contributed by atoms with Gasteiger partial charge in [0.25, 0.3) is 0 Å². The fourth-order valence-corrected chi connectivity index (χ4v) is 2.43. The molecule has 2 aromatic heterocycles. The Morgan fingerprint density at radius 1 is 1.50 bits per heavy atom. The van der Waals surface area contributed by atoms with E-state index in [2.05, 4.69) is 15.2 Å². The number of nitrogens with zero attached hydrogens (tertiary/aromatic N) is 4. The summed E-state index contributed by atoms with van der Waals surface area (Å²) in [5, 5.41) is 8.09. The van der Waals surface area contributed by atoms with Crippen LogP contribution in [-0.4, -0.2) is 26.5 Å². The van der Waals surface area contributed by atoms with Crippen molar-refractivity contribution >= 4 is 0 Å². The van der Waals surface area contributed by atoms with Gasteiger partial charge in [-0.15, -0.1) is 0 Å². The Kier molecular flexibility index (Phi) is 2.66. The van der Waals surface area contributed by atoms with Gasteiger partial charge in [-0.2, -0.15) is 10.1 Å². The van der Waals surface area contributed by atoms with Gasteiger partial charge in [-0.3, -0.25) is 4.68 Å². The van der Waals surface area contributed by atoms with Gasteiger partial charge in [0.1, 0.15) is 0 Å². The first-order valence-electron chi connectivity index (χ1n) is 6.22. The minimum absolute atomic E-state index is 0.193. The zero-order valence-electron chi connectivity index (χ0n) is 10.5. The van der Waals surface area contributed by atoms with Crippen LogP contribution in [0.1, 0.15) is 25.2 Å². The van der Waals surface area contributed by atoms with Gasteiger partial charge < -0.3 is 10.3 Å². The Morgan fingerprint density at radius 2 is 2.33 bits per heavy atom. The van der Waals surface area contributed by atoms with Crippen LogP contribution < -0.4 is 5.73 Å². The number of hydrogen-bond donors (Lipinski definition) is 1. The molecule has 0 spiro atoms. The van der Waals surface area contributed by atoms with E-state index in [0.29, 0.717) is 18.3 Å². The standard InChI is InChI=1S/C12H17N5O/c1-17-7-9(6-14-17)11-15-10(18-16-11)5-12(8-13)3-2-4-12/h6-7H,2-5,8,13H2,1H3. The molecule has 1 aliphatic rings. The molecule has 6 nitrogen and oxygen atoms in total. The smallest absolute Gasteiger partial charge is 0.227 e. The molecule has 2 aromatic rings. The normalized spacial score (nSPS) is 17.7. The van der Waals surface area contributed by atoms with Gasteiger partial charge in [0.15, 0.2) is 0 Å². The largest absolute Gasteiger partial charge is 0.339 e. The van der Waals surface area contributed by atoms with Crippen molar-refractivity contribution in [3.63, 3.8) is 0 Å². The molecule has 96 valence electrons. The fraction of sp³-hybridized carbons (Fsp3) is 0.583. The average molecular weight is 247 g/mol. The topological polar surface area (TPSA) is 82.8 Å². The van der Waals surface area contributed by atoms with Crippen LogP contribution in [0.3, 0.4) is 0 Å². The Bertz CT molecular complexity index is 535. The van der Waals surface area contributed by atoms with E-state index >= 15 is 0 Å². The Balaban J connectivity index is 1.77. The summed E-state index contributed by atoms with van der Waals surface area (Å²) in [7, 11) is 1.86. The van der Waals surface area contributed by atoms with Crippen molar-refractivity contribution in [1.29, 1.82) is 0 Å². The molecule has 18 heavy (non-hydrogen) atoms. The quantitative estimate of drug-likeness (QED) is 0.876. The molecule has 6 heteroatoms. The van der Waals surface area contributed by atoms with Crippen LogP contribution in [0.2, 0.25) is 0 Å². The van der Waals surface area contributed by atoms with Crippen molar-refractivity contribution in [2.45, 2.75) is 25.7 Å². The van der Waals surface area contributed by atoms with E-state index in [1.54, 1.807) is 10.9 Å². The summed E-state index contributed by atoms with van der Waals surface area (Å²) in [4.78, 5) is 4.42. The van der Waals surface area contributed by atoms with Crippen LogP contribution >= 0.6 is 0 Å². The van der Waals surface area contributed by atoms with Crippen LogP contribution in [0.15, 0.2) is 16.9 Å². The lowest BCUT2D eigenvalue weighted by Gasteiger charge is -2.39. The van der Waals surface area contributed by atoms with Crippen LogP contribution in [0, 0.1) is 5.41 Å². The second-order valence-corrected chi connectivity index (χ2v) is 5.15. The first-order chi connectivity index (χ1) is 8.71. The Hall–Kier alpha value is -1.69. The molecular formula is C12H17N5O. The molecule has 0 atom stereocenters. The number of rotatable bonds is 4. The molecule has 0 aliphatic heterocycles. The first kappa shape index (κ1) is 11.4. The molecule has 2 N–H and O–H groups in total. The molecule has 2 heterocycles. The van der Waals surface area contributed by atoms with Gasteiger partial charge in [0.2, 0.25) is 11.7 Å². The van der Waals surface area contributed by atoms with E-state index < -0.39 is 0 Å². The van der Waals surface area contributed by atoms with Gasteiger partial charge in [0.05, 0.1) is 11.8 Å². The summed E-state index contributed by atoms with van der Waals surface area (Å²) >= 11 is 0. The second kappa shape index (κ2) is 4.20. The SMILES string of the molecule is Cn1cc(-c2noc(CC3(CN)CCC3)n2)cn1. The maximum atomic E-state index is 5.83. The minimum atomic E-state index is 0.193. The lowest BCUT2D eigenvalue weighted by Crippen LogP contribution is -2.39. The van der Waals surface area contributed by atoms with Gasteiger partial charge in [-0.05, 0) is 24.8 Å². The zero-order chi connectivity index (χ0) is 12.6. The molecule has 0 unspecified atom stereocenters. The van der Waals surface area contributed by atoms with Crippen molar-refractivity contribution < 1.29 is 4.52 Å². The molecule has 1 saturated carbocycles. The molecule has 0 radical (unpaired) electrons. The number of aromatic nitrogens is 4. The molecule has 0 aromatic carbocycles. The highest BCUT2D eigenvalue weighted by molar-refractivity contribution is 5.50. The summed E-state index contributed by atoms with van der Waals surface area (Å²) in [6, 6.07) is 0. The summed E-state index contributed by atoms with van der Waals surface area (Å²) in [6.45, 7) is 0.692. The molecule has 0 amide bonds.